The fourth-order valence-electron chi connectivity index (χ4n) is 2.12. The molecule has 5 heteroatoms. The molecule has 21 heavy (non-hydrogen) atoms. The Balaban J connectivity index is 2.46. The van der Waals surface area contributed by atoms with E-state index in [9.17, 15) is 9.59 Å². The van der Waals surface area contributed by atoms with Crippen LogP contribution < -0.4 is 10.6 Å². The molecule has 5 nitrogen and oxygen atoms in total. The molecule has 1 unspecified atom stereocenters. The number of hydrogen-bond donors (Lipinski definition) is 3. The minimum Gasteiger partial charge on any atom is -0.481 e. The van der Waals surface area contributed by atoms with Gasteiger partial charge >= 0.3 is 12.0 Å². The van der Waals surface area contributed by atoms with Gasteiger partial charge in [0.25, 0.3) is 0 Å². The molecule has 1 rings (SSSR count). The quantitative estimate of drug-likeness (QED) is 0.722. The minimum atomic E-state index is -0.887. The summed E-state index contributed by atoms with van der Waals surface area (Å²) in [6, 6.07) is 7.59. The Kier molecular flexibility index (Phi) is 6.72. The molecular formula is C16H24N2O3. The Morgan fingerprint density at radius 1 is 1.14 bits per heavy atom. The van der Waals surface area contributed by atoms with Crippen LogP contribution in [-0.4, -0.2) is 23.7 Å². The van der Waals surface area contributed by atoms with E-state index in [1.807, 2.05) is 38.1 Å². The van der Waals surface area contributed by atoms with Gasteiger partial charge in [-0.2, -0.15) is 0 Å². The molecule has 0 aliphatic heterocycles. The van der Waals surface area contributed by atoms with Gasteiger partial charge in [-0.05, 0) is 23.5 Å². The number of hydrogen-bond acceptors (Lipinski definition) is 2. The summed E-state index contributed by atoms with van der Waals surface area (Å²) < 4.78 is 0. The van der Waals surface area contributed by atoms with Gasteiger partial charge in [-0.15, -0.1) is 0 Å². The highest BCUT2D eigenvalue weighted by atomic mass is 16.4. The summed E-state index contributed by atoms with van der Waals surface area (Å²) in [5.41, 5.74) is 2.28. The molecule has 0 spiro atoms. The van der Waals surface area contributed by atoms with E-state index in [0.717, 1.165) is 12.0 Å². The monoisotopic (exact) mass is 292 g/mol. The Labute approximate surface area is 125 Å². The third-order valence-corrected chi connectivity index (χ3v) is 3.54. The van der Waals surface area contributed by atoms with E-state index in [-0.39, 0.29) is 18.5 Å². The fraction of sp³-hybridized carbons (Fsp3) is 0.500. The third-order valence-electron chi connectivity index (χ3n) is 3.54. The highest BCUT2D eigenvalue weighted by Crippen LogP contribution is 2.10. The van der Waals surface area contributed by atoms with Crippen molar-refractivity contribution in [2.45, 2.75) is 33.7 Å². The standard InChI is InChI=1S/C16H24N2O3/c1-4-12-7-5-6-8-13(12)9-17-16(21)18-10-14(11(2)3)15(19)20/h5-8,11,14H,4,9-10H2,1-3H3,(H,19,20)(H2,17,18,21). The number of carboxylic acids is 1. The van der Waals surface area contributed by atoms with Crippen LogP contribution in [0.4, 0.5) is 4.79 Å². The molecule has 2 amide bonds. The Hall–Kier alpha value is -2.04. The van der Waals surface area contributed by atoms with E-state index < -0.39 is 11.9 Å². The lowest BCUT2D eigenvalue weighted by molar-refractivity contribution is -0.142. The molecule has 1 aromatic rings. The van der Waals surface area contributed by atoms with E-state index >= 15 is 0 Å². The van der Waals surface area contributed by atoms with Crippen LogP contribution in [0, 0.1) is 11.8 Å². The number of carbonyl (C=O) groups excluding carboxylic acids is 1. The first-order valence-electron chi connectivity index (χ1n) is 7.27. The van der Waals surface area contributed by atoms with Crippen molar-refractivity contribution in [3.05, 3.63) is 35.4 Å². The molecule has 1 aromatic carbocycles. The molecule has 116 valence electrons. The molecule has 0 bridgehead atoms. The minimum absolute atomic E-state index is 0.0244. The predicted molar refractivity (Wildman–Crippen MR) is 82.0 cm³/mol. The molecule has 0 radical (unpaired) electrons. The Morgan fingerprint density at radius 2 is 1.76 bits per heavy atom. The average molecular weight is 292 g/mol. The number of nitrogens with one attached hydrogen (secondary N) is 2. The first kappa shape index (κ1) is 17.0. The Morgan fingerprint density at radius 3 is 2.29 bits per heavy atom. The molecule has 1 atom stereocenters. The van der Waals surface area contributed by atoms with Crippen LogP contribution in [0.5, 0.6) is 0 Å². The SMILES string of the molecule is CCc1ccccc1CNC(=O)NCC(C(=O)O)C(C)C. The van der Waals surface area contributed by atoms with Gasteiger partial charge in [-0.1, -0.05) is 45.0 Å². The van der Waals surface area contributed by atoms with Crippen molar-refractivity contribution in [1.29, 1.82) is 0 Å². The van der Waals surface area contributed by atoms with Gasteiger partial charge < -0.3 is 15.7 Å². The number of benzene rings is 1. The second kappa shape index (κ2) is 8.29. The van der Waals surface area contributed by atoms with Crippen molar-refractivity contribution in [2.75, 3.05) is 6.54 Å². The van der Waals surface area contributed by atoms with Crippen molar-refractivity contribution >= 4 is 12.0 Å². The van der Waals surface area contributed by atoms with Gasteiger partial charge in [0.1, 0.15) is 0 Å². The number of rotatable bonds is 7. The number of carboxylic acid groups (broad SMARTS) is 1. The van der Waals surface area contributed by atoms with Crippen LogP contribution in [0.2, 0.25) is 0 Å². The summed E-state index contributed by atoms with van der Waals surface area (Å²) >= 11 is 0. The van der Waals surface area contributed by atoms with Crippen molar-refractivity contribution in [1.82, 2.24) is 10.6 Å². The average Bonchev–Trinajstić information content (AvgIpc) is 2.44. The lowest BCUT2D eigenvalue weighted by Crippen LogP contribution is -2.41. The van der Waals surface area contributed by atoms with Crippen LogP contribution >= 0.6 is 0 Å². The zero-order chi connectivity index (χ0) is 15.8. The lowest BCUT2D eigenvalue weighted by atomic mass is 9.96. The van der Waals surface area contributed by atoms with Gasteiger partial charge in [0, 0.05) is 13.1 Å². The van der Waals surface area contributed by atoms with Crippen molar-refractivity contribution in [3.8, 4) is 0 Å². The summed E-state index contributed by atoms with van der Waals surface area (Å²) in [5.74, 6) is -1.48. The molecule has 0 aromatic heterocycles. The third kappa shape index (κ3) is 5.45. The maximum atomic E-state index is 11.8. The highest BCUT2D eigenvalue weighted by molar-refractivity contribution is 5.76. The van der Waals surface area contributed by atoms with E-state index in [4.69, 9.17) is 5.11 Å². The van der Waals surface area contributed by atoms with Gasteiger partial charge in [0.05, 0.1) is 5.92 Å². The van der Waals surface area contributed by atoms with Gasteiger partial charge in [0.2, 0.25) is 0 Å². The van der Waals surface area contributed by atoms with Gasteiger partial charge in [-0.3, -0.25) is 4.79 Å². The molecule has 0 aliphatic rings. The van der Waals surface area contributed by atoms with Crippen molar-refractivity contribution in [2.24, 2.45) is 11.8 Å². The molecule has 0 saturated heterocycles. The van der Waals surface area contributed by atoms with E-state index in [1.165, 1.54) is 5.56 Å². The van der Waals surface area contributed by atoms with Crippen molar-refractivity contribution < 1.29 is 14.7 Å². The van der Waals surface area contributed by atoms with Gasteiger partial charge in [-0.25, -0.2) is 4.79 Å². The zero-order valence-electron chi connectivity index (χ0n) is 12.8. The van der Waals surface area contributed by atoms with Crippen LogP contribution in [-0.2, 0) is 17.8 Å². The number of urea groups is 1. The lowest BCUT2D eigenvalue weighted by Gasteiger charge is -2.17. The predicted octanol–water partition coefficient (Wildman–Crippen LogP) is 2.41. The van der Waals surface area contributed by atoms with E-state index in [1.54, 1.807) is 0 Å². The maximum Gasteiger partial charge on any atom is 0.315 e. The largest absolute Gasteiger partial charge is 0.481 e. The summed E-state index contributed by atoms with van der Waals surface area (Å²) in [6.45, 7) is 6.30. The first-order chi connectivity index (χ1) is 9.95. The van der Waals surface area contributed by atoms with Crippen LogP contribution in [0.25, 0.3) is 0 Å². The summed E-state index contributed by atoms with van der Waals surface area (Å²) in [7, 11) is 0. The van der Waals surface area contributed by atoms with Crippen LogP contribution in [0.15, 0.2) is 24.3 Å². The number of aliphatic carboxylic acids is 1. The number of aryl methyl sites for hydroxylation is 1. The molecular weight excluding hydrogens is 268 g/mol. The number of carbonyl (C=O) groups is 2. The summed E-state index contributed by atoms with van der Waals surface area (Å²) in [6.07, 6.45) is 0.911. The fourth-order valence-corrected chi connectivity index (χ4v) is 2.12. The highest BCUT2D eigenvalue weighted by Gasteiger charge is 2.21. The normalized spacial score (nSPS) is 12.0. The molecule has 0 aliphatic carbocycles. The summed E-state index contributed by atoms with van der Waals surface area (Å²) in [5, 5.41) is 14.4. The second-order valence-corrected chi connectivity index (χ2v) is 5.37. The Bertz CT molecular complexity index is 486. The molecule has 0 saturated carbocycles. The van der Waals surface area contributed by atoms with Gasteiger partial charge in [0.15, 0.2) is 0 Å². The summed E-state index contributed by atoms with van der Waals surface area (Å²) in [4.78, 5) is 22.8. The van der Waals surface area contributed by atoms with Crippen LogP contribution in [0.3, 0.4) is 0 Å². The van der Waals surface area contributed by atoms with E-state index in [2.05, 4.69) is 17.6 Å². The van der Waals surface area contributed by atoms with Crippen LogP contribution in [0.1, 0.15) is 31.9 Å². The molecule has 3 N–H and O–H groups in total. The maximum absolute atomic E-state index is 11.8. The smallest absolute Gasteiger partial charge is 0.315 e. The zero-order valence-corrected chi connectivity index (χ0v) is 12.8. The van der Waals surface area contributed by atoms with Crippen molar-refractivity contribution in [3.63, 3.8) is 0 Å². The molecule has 0 heterocycles. The van der Waals surface area contributed by atoms with E-state index in [0.29, 0.717) is 6.54 Å². The molecule has 0 fully saturated rings. The topological polar surface area (TPSA) is 78.4 Å². The first-order valence-corrected chi connectivity index (χ1v) is 7.27. The number of amides is 2. The second-order valence-electron chi connectivity index (χ2n) is 5.37.